The van der Waals surface area contributed by atoms with Crippen molar-refractivity contribution in [1.82, 2.24) is 0 Å². The fraction of sp³-hybridized carbons (Fsp3) is 0.455. The van der Waals surface area contributed by atoms with Crippen LogP contribution in [0, 0.1) is 20.8 Å². The fourth-order valence-electron chi connectivity index (χ4n) is 4.11. The zero-order valence-corrected chi connectivity index (χ0v) is 15.0. The molecular formula is C22H28O2. The Balaban J connectivity index is 1.95. The van der Waals surface area contributed by atoms with Crippen molar-refractivity contribution in [2.24, 2.45) is 0 Å². The van der Waals surface area contributed by atoms with Crippen molar-refractivity contribution in [3.8, 4) is 11.5 Å². The molecule has 2 aromatic carbocycles. The molecule has 1 saturated carbocycles. The maximum Gasteiger partial charge on any atom is 0.122 e. The quantitative estimate of drug-likeness (QED) is 0.764. The number of rotatable bonds is 3. The molecule has 2 N–H and O–H groups in total. The first kappa shape index (κ1) is 16.9. The normalized spacial score (nSPS) is 15.6. The molecule has 128 valence electrons. The Labute approximate surface area is 145 Å². The Morgan fingerprint density at radius 3 is 2.08 bits per heavy atom. The molecule has 2 nitrogen and oxygen atoms in total. The first-order valence-corrected chi connectivity index (χ1v) is 9.07. The maximum absolute atomic E-state index is 10.9. The molecule has 0 aliphatic heterocycles. The zero-order chi connectivity index (χ0) is 17.3. The molecule has 0 radical (unpaired) electrons. The van der Waals surface area contributed by atoms with Gasteiger partial charge in [-0.05, 0) is 67.3 Å². The average molecular weight is 324 g/mol. The van der Waals surface area contributed by atoms with E-state index in [9.17, 15) is 10.2 Å². The second-order valence-corrected chi connectivity index (χ2v) is 7.45. The molecule has 24 heavy (non-hydrogen) atoms. The van der Waals surface area contributed by atoms with E-state index >= 15 is 0 Å². The van der Waals surface area contributed by atoms with Gasteiger partial charge in [-0.2, -0.15) is 0 Å². The third kappa shape index (κ3) is 3.43. The standard InChI is InChI=1S/C22H28O2/c1-14-9-19(13-17-11-15(2)21(23)16(3)12-17)22(24)20(10-14)18-7-5-4-6-8-18/h9-12,18,23-24H,4-8,13H2,1-3H3. The van der Waals surface area contributed by atoms with Crippen molar-refractivity contribution in [3.05, 3.63) is 57.6 Å². The summed E-state index contributed by atoms with van der Waals surface area (Å²) in [6.07, 6.45) is 6.94. The van der Waals surface area contributed by atoms with Crippen molar-refractivity contribution >= 4 is 0 Å². The van der Waals surface area contributed by atoms with Gasteiger partial charge >= 0.3 is 0 Å². The van der Waals surface area contributed by atoms with Crippen molar-refractivity contribution in [3.63, 3.8) is 0 Å². The van der Waals surface area contributed by atoms with Crippen LogP contribution in [0.4, 0.5) is 0 Å². The van der Waals surface area contributed by atoms with E-state index in [4.69, 9.17) is 0 Å². The summed E-state index contributed by atoms with van der Waals surface area (Å²) in [6, 6.07) is 8.30. The zero-order valence-electron chi connectivity index (χ0n) is 15.0. The van der Waals surface area contributed by atoms with E-state index in [1.165, 1.54) is 37.7 Å². The number of benzene rings is 2. The molecule has 2 heteroatoms. The second-order valence-electron chi connectivity index (χ2n) is 7.45. The molecule has 1 aliphatic carbocycles. The van der Waals surface area contributed by atoms with Gasteiger partial charge in [0.25, 0.3) is 0 Å². The van der Waals surface area contributed by atoms with Crippen LogP contribution in [0.3, 0.4) is 0 Å². The van der Waals surface area contributed by atoms with Crippen LogP contribution in [-0.2, 0) is 6.42 Å². The molecular weight excluding hydrogens is 296 g/mol. The van der Waals surface area contributed by atoms with Crippen LogP contribution in [0.5, 0.6) is 11.5 Å². The average Bonchev–Trinajstić information content (AvgIpc) is 2.56. The summed E-state index contributed by atoms with van der Waals surface area (Å²) in [5.74, 6) is 1.35. The summed E-state index contributed by atoms with van der Waals surface area (Å²) < 4.78 is 0. The van der Waals surface area contributed by atoms with Gasteiger partial charge in [-0.3, -0.25) is 0 Å². The van der Waals surface area contributed by atoms with E-state index in [1.807, 2.05) is 26.0 Å². The summed E-state index contributed by atoms with van der Waals surface area (Å²) in [5, 5.41) is 20.8. The van der Waals surface area contributed by atoms with Crippen LogP contribution in [0.2, 0.25) is 0 Å². The lowest BCUT2D eigenvalue weighted by atomic mass is 9.82. The highest BCUT2D eigenvalue weighted by Crippen LogP contribution is 2.40. The predicted molar refractivity (Wildman–Crippen MR) is 99.1 cm³/mol. The monoisotopic (exact) mass is 324 g/mol. The summed E-state index contributed by atoms with van der Waals surface area (Å²) in [5.41, 5.74) is 6.28. The summed E-state index contributed by atoms with van der Waals surface area (Å²) in [6.45, 7) is 5.97. The largest absolute Gasteiger partial charge is 0.507 e. The number of hydrogen-bond acceptors (Lipinski definition) is 2. The van der Waals surface area contributed by atoms with Gasteiger partial charge in [0.15, 0.2) is 0 Å². The predicted octanol–water partition coefficient (Wildman–Crippen LogP) is 5.66. The Kier molecular flexibility index (Phi) is 4.84. The van der Waals surface area contributed by atoms with E-state index in [0.717, 1.165) is 27.8 Å². The lowest BCUT2D eigenvalue weighted by Gasteiger charge is -2.24. The van der Waals surface area contributed by atoms with Crippen molar-refractivity contribution in [2.45, 2.75) is 65.2 Å². The van der Waals surface area contributed by atoms with Crippen LogP contribution < -0.4 is 0 Å². The number of aryl methyl sites for hydroxylation is 3. The molecule has 3 rings (SSSR count). The maximum atomic E-state index is 10.9. The van der Waals surface area contributed by atoms with Gasteiger partial charge in [-0.15, -0.1) is 0 Å². The third-order valence-corrected chi connectivity index (χ3v) is 5.35. The first-order valence-electron chi connectivity index (χ1n) is 9.07. The Morgan fingerprint density at radius 2 is 1.46 bits per heavy atom. The van der Waals surface area contributed by atoms with Crippen LogP contribution in [0.25, 0.3) is 0 Å². The van der Waals surface area contributed by atoms with Crippen LogP contribution in [0.1, 0.15) is 71.4 Å². The molecule has 0 spiro atoms. The van der Waals surface area contributed by atoms with Crippen molar-refractivity contribution < 1.29 is 10.2 Å². The van der Waals surface area contributed by atoms with Gasteiger partial charge in [0.2, 0.25) is 0 Å². The first-order chi connectivity index (χ1) is 11.5. The van der Waals surface area contributed by atoms with Gasteiger partial charge in [0.1, 0.15) is 11.5 Å². The molecule has 0 unspecified atom stereocenters. The minimum atomic E-state index is 0.370. The number of phenols is 2. The van der Waals surface area contributed by atoms with E-state index in [0.29, 0.717) is 23.8 Å². The third-order valence-electron chi connectivity index (χ3n) is 5.35. The molecule has 2 aromatic rings. The molecule has 0 aromatic heterocycles. The minimum absolute atomic E-state index is 0.370. The molecule has 0 bridgehead atoms. The van der Waals surface area contributed by atoms with Gasteiger partial charge in [-0.25, -0.2) is 0 Å². The topological polar surface area (TPSA) is 40.5 Å². The van der Waals surface area contributed by atoms with E-state index in [2.05, 4.69) is 19.1 Å². The molecule has 1 aliphatic rings. The van der Waals surface area contributed by atoms with Crippen LogP contribution in [0.15, 0.2) is 24.3 Å². The number of phenolic OH excluding ortho intramolecular Hbond substituents is 2. The highest BCUT2D eigenvalue weighted by Gasteiger charge is 2.21. The van der Waals surface area contributed by atoms with E-state index < -0.39 is 0 Å². The summed E-state index contributed by atoms with van der Waals surface area (Å²) in [4.78, 5) is 0. The van der Waals surface area contributed by atoms with Gasteiger partial charge in [0, 0.05) is 6.42 Å². The lowest BCUT2D eigenvalue weighted by Crippen LogP contribution is -2.06. The van der Waals surface area contributed by atoms with Gasteiger partial charge in [-0.1, -0.05) is 49.1 Å². The number of aromatic hydroxyl groups is 2. The van der Waals surface area contributed by atoms with Crippen molar-refractivity contribution in [2.75, 3.05) is 0 Å². The molecule has 0 heterocycles. The highest BCUT2D eigenvalue weighted by molar-refractivity contribution is 5.49. The molecule has 0 saturated heterocycles. The molecule has 1 fully saturated rings. The minimum Gasteiger partial charge on any atom is -0.507 e. The Hall–Kier alpha value is -1.96. The smallest absolute Gasteiger partial charge is 0.122 e. The summed E-state index contributed by atoms with van der Waals surface area (Å²) >= 11 is 0. The highest BCUT2D eigenvalue weighted by atomic mass is 16.3. The van der Waals surface area contributed by atoms with Gasteiger partial charge < -0.3 is 10.2 Å². The summed E-state index contributed by atoms with van der Waals surface area (Å²) in [7, 11) is 0. The van der Waals surface area contributed by atoms with E-state index in [1.54, 1.807) is 0 Å². The lowest BCUT2D eigenvalue weighted by molar-refractivity contribution is 0.411. The second kappa shape index (κ2) is 6.88. The Bertz CT molecular complexity index is 717. The molecule has 0 atom stereocenters. The molecule has 0 amide bonds. The SMILES string of the molecule is Cc1cc(Cc2cc(C)c(O)c(C)c2)c(O)c(C2CCCCC2)c1. The van der Waals surface area contributed by atoms with Crippen LogP contribution >= 0.6 is 0 Å². The van der Waals surface area contributed by atoms with Crippen LogP contribution in [-0.4, -0.2) is 10.2 Å². The van der Waals surface area contributed by atoms with Crippen molar-refractivity contribution in [1.29, 1.82) is 0 Å². The number of hydrogen-bond donors (Lipinski definition) is 2. The fourth-order valence-corrected chi connectivity index (χ4v) is 4.11. The van der Waals surface area contributed by atoms with E-state index in [-0.39, 0.29) is 0 Å². The Morgan fingerprint density at radius 1 is 0.833 bits per heavy atom. The van der Waals surface area contributed by atoms with Gasteiger partial charge in [0.05, 0.1) is 0 Å².